The van der Waals surface area contributed by atoms with Crippen molar-refractivity contribution in [1.82, 2.24) is 4.98 Å². The van der Waals surface area contributed by atoms with Crippen LogP contribution in [-0.4, -0.2) is 24.1 Å². The first kappa shape index (κ1) is 24.8. The van der Waals surface area contributed by atoms with Gasteiger partial charge in [0.2, 0.25) is 0 Å². The van der Waals surface area contributed by atoms with Crippen molar-refractivity contribution in [2.24, 2.45) is 0 Å². The Morgan fingerprint density at radius 1 is 0.750 bits per heavy atom. The van der Waals surface area contributed by atoms with E-state index in [4.69, 9.17) is 4.74 Å². The third kappa shape index (κ3) is 6.63. The van der Waals surface area contributed by atoms with E-state index >= 15 is 0 Å². The van der Waals surface area contributed by atoms with Crippen LogP contribution < -0.4 is 15.5 Å². The number of para-hydroxylation sites is 1. The van der Waals surface area contributed by atoms with E-state index in [0.29, 0.717) is 12.4 Å². The SMILES string of the molecule is CCCCN(c1ccccc1)c1ccc(Nc2ccc(Nc3cccc(C(=O)OCC)n3)cc2)cc1. The number of pyridine rings is 1. The lowest BCUT2D eigenvalue weighted by Crippen LogP contribution is -2.18. The van der Waals surface area contributed by atoms with E-state index in [9.17, 15) is 4.79 Å². The first-order valence-electron chi connectivity index (χ1n) is 12.4. The zero-order valence-electron chi connectivity index (χ0n) is 20.8. The summed E-state index contributed by atoms with van der Waals surface area (Å²) in [6, 6.07) is 32.2. The summed E-state index contributed by atoms with van der Waals surface area (Å²) in [4.78, 5) is 18.6. The molecule has 0 aliphatic rings. The molecule has 2 N–H and O–H groups in total. The first-order chi connectivity index (χ1) is 17.7. The topological polar surface area (TPSA) is 66.5 Å². The van der Waals surface area contributed by atoms with Crippen LogP contribution in [0.25, 0.3) is 0 Å². The van der Waals surface area contributed by atoms with E-state index in [2.05, 4.69) is 76.0 Å². The maximum absolute atomic E-state index is 11.9. The van der Waals surface area contributed by atoms with E-state index in [1.54, 1.807) is 19.1 Å². The second-order valence-corrected chi connectivity index (χ2v) is 8.34. The van der Waals surface area contributed by atoms with Gasteiger partial charge in [-0.1, -0.05) is 37.6 Å². The fourth-order valence-corrected chi connectivity index (χ4v) is 3.83. The first-order valence-corrected chi connectivity index (χ1v) is 12.4. The molecule has 4 aromatic rings. The van der Waals surface area contributed by atoms with Gasteiger partial charge in [0, 0.05) is 35.0 Å². The van der Waals surface area contributed by atoms with Crippen LogP contribution in [0.15, 0.2) is 97.1 Å². The summed E-state index contributed by atoms with van der Waals surface area (Å²) < 4.78 is 5.03. The number of nitrogens with zero attached hydrogens (tertiary/aromatic N) is 2. The van der Waals surface area contributed by atoms with E-state index in [1.807, 2.05) is 36.4 Å². The molecule has 1 heterocycles. The number of ether oxygens (including phenoxy) is 1. The Balaban J connectivity index is 1.40. The Labute approximate surface area is 213 Å². The van der Waals surface area contributed by atoms with E-state index in [1.165, 1.54) is 11.4 Å². The molecule has 1 aromatic heterocycles. The highest BCUT2D eigenvalue weighted by Crippen LogP contribution is 2.28. The third-order valence-corrected chi connectivity index (χ3v) is 5.66. The number of hydrogen-bond acceptors (Lipinski definition) is 6. The van der Waals surface area contributed by atoms with Crippen LogP contribution in [0.3, 0.4) is 0 Å². The molecule has 0 spiro atoms. The highest BCUT2D eigenvalue weighted by Gasteiger charge is 2.10. The number of esters is 1. The van der Waals surface area contributed by atoms with Crippen molar-refractivity contribution < 1.29 is 9.53 Å². The summed E-state index contributed by atoms with van der Waals surface area (Å²) in [6.45, 7) is 5.30. The second kappa shape index (κ2) is 12.4. The largest absolute Gasteiger partial charge is 0.461 e. The van der Waals surface area contributed by atoms with E-state index in [-0.39, 0.29) is 5.69 Å². The Morgan fingerprint density at radius 3 is 2.00 bits per heavy atom. The molecule has 0 bridgehead atoms. The summed E-state index contributed by atoms with van der Waals surface area (Å²) in [5.41, 5.74) is 5.54. The van der Waals surface area contributed by atoms with Gasteiger partial charge in [0.05, 0.1) is 6.61 Å². The van der Waals surface area contributed by atoms with Gasteiger partial charge in [-0.3, -0.25) is 0 Å². The van der Waals surface area contributed by atoms with Gasteiger partial charge in [-0.2, -0.15) is 0 Å². The van der Waals surface area contributed by atoms with Gasteiger partial charge in [0.25, 0.3) is 0 Å². The summed E-state index contributed by atoms with van der Waals surface area (Å²) in [5.74, 6) is 0.159. The van der Waals surface area contributed by atoms with Crippen LogP contribution in [0.5, 0.6) is 0 Å². The van der Waals surface area contributed by atoms with Gasteiger partial charge in [-0.05, 0) is 86.1 Å². The predicted molar refractivity (Wildman–Crippen MR) is 148 cm³/mol. The molecule has 0 saturated carbocycles. The maximum Gasteiger partial charge on any atom is 0.356 e. The number of hydrogen-bond donors (Lipinski definition) is 2. The molecular formula is C30H32N4O2. The molecule has 0 unspecified atom stereocenters. The van der Waals surface area contributed by atoms with E-state index < -0.39 is 5.97 Å². The minimum Gasteiger partial charge on any atom is -0.461 e. The molecule has 0 fully saturated rings. The number of unbranched alkanes of at least 4 members (excludes halogenated alkanes) is 1. The lowest BCUT2D eigenvalue weighted by molar-refractivity contribution is 0.0519. The van der Waals surface area contributed by atoms with Gasteiger partial charge in [0.15, 0.2) is 5.69 Å². The Hall–Kier alpha value is -4.32. The zero-order chi connectivity index (χ0) is 25.2. The van der Waals surface area contributed by atoms with Gasteiger partial charge >= 0.3 is 5.97 Å². The number of aromatic nitrogens is 1. The molecule has 36 heavy (non-hydrogen) atoms. The molecule has 6 nitrogen and oxygen atoms in total. The lowest BCUT2D eigenvalue weighted by Gasteiger charge is -2.25. The van der Waals surface area contributed by atoms with Crippen molar-refractivity contribution in [3.8, 4) is 0 Å². The summed E-state index contributed by atoms with van der Waals surface area (Å²) in [7, 11) is 0. The van der Waals surface area contributed by atoms with Crippen LogP contribution in [0.1, 0.15) is 37.2 Å². The molecule has 184 valence electrons. The van der Waals surface area contributed by atoms with Crippen LogP contribution >= 0.6 is 0 Å². The van der Waals surface area contributed by atoms with Crippen LogP contribution in [0, 0.1) is 0 Å². The lowest BCUT2D eigenvalue weighted by atomic mass is 10.2. The normalized spacial score (nSPS) is 10.5. The van der Waals surface area contributed by atoms with Gasteiger partial charge < -0.3 is 20.3 Å². The summed E-state index contributed by atoms with van der Waals surface area (Å²) >= 11 is 0. The Morgan fingerprint density at radius 2 is 1.36 bits per heavy atom. The average molecular weight is 481 g/mol. The Kier molecular flexibility index (Phi) is 8.54. The van der Waals surface area contributed by atoms with Crippen molar-refractivity contribution in [3.05, 3.63) is 103 Å². The highest BCUT2D eigenvalue weighted by atomic mass is 16.5. The molecule has 0 amide bonds. The van der Waals surface area contributed by atoms with Gasteiger partial charge in [0.1, 0.15) is 5.82 Å². The fourth-order valence-electron chi connectivity index (χ4n) is 3.83. The van der Waals surface area contributed by atoms with Gasteiger partial charge in [-0.15, -0.1) is 0 Å². The fraction of sp³-hybridized carbons (Fsp3) is 0.200. The number of anilines is 6. The van der Waals surface area contributed by atoms with Crippen molar-refractivity contribution in [2.75, 3.05) is 28.7 Å². The predicted octanol–water partition coefficient (Wildman–Crippen LogP) is 7.68. The molecule has 4 rings (SSSR count). The van der Waals surface area contributed by atoms with Crippen LogP contribution in [0.2, 0.25) is 0 Å². The number of carbonyl (C=O) groups excluding carboxylic acids is 1. The van der Waals surface area contributed by atoms with Crippen LogP contribution in [0.4, 0.5) is 34.3 Å². The smallest absolute Gasteiger partial charge is 0.356 e. The Bertz CT molecular complexity index is 1240. The molecule has 0 saturated heterocycles. The molecule has 0 atom stereocenters. The van der Waals surface area contributed by atoms with Gasteiger partial charge in [-0.25, -0.2) is 9.78 Å². The average Bonchev–Trinajstić information content (AvgIpc) is 2.92. The molecule has 0 radical (unpaired) electrons. The zero-order valence-corrected chi connectivity index (χ0v) is 20.8. The minimum absolute atomic E-state index is 0.282. The minimum atomic E-state index is -0.427. The standard InChI is InChI=1S/C30H32N4O2/c1-3-5-22-34(26-10-7-6-8-11-26)27-20-18-24(19-21-27)31-23-14-16-25(17-15-23)32-29-13-9-12-28(33-29)30(35)36-4-2/h6-21,31H,3-5,22H2,1-2H3,(H,32,33). The number of carbonyl (C=O) groups is 1. The van der Waals surface area contributed by atoms with Crippen molar-refractivity contribution in [1.29, 1.82) is 0 Å². The molecular weight excluding hydrogens is 448 g/mol. The molecule has 3 aromatic carbocycles. The number of nitrogens with one attached hydrogen (secondary N) is 2. The highest BCUT2D eigenvalue weighted by molar-refractivity contribution is 5.87. The van der Waals surface area contributed by atoms with E-state index in [0.717, 1.165) is 36.4 Å². The maximum atomic E-state index is 11.9. The van der Waals surface area contributed by atoms with Crippen molar-refractivity contribution in [2.45, 2.75) is 26.7 Å². The van der Waals surface area contributed by atoms with Crippen LogP contribution in [-0.2, 0) is 4.74 Å². The number of rotatable bonds is 11. The monoisotopic (exact) mass is 480 g/mol. The molecule has 6 heteroatoms. The number of benzene rings is 3. The quantitative estimate of drug-likeness (QED) is 0.215. The third-order valence-electron chi connectivity index (χ3n) is 5.66. The van der Waals surface area contributed by atoms with Crippen molar-refractivity contribution >= 4 is 40.2 Å². The summed E-state index contributed by atoms with van der Waals surface area (Å²) in [5, 5.41) is 6.69. The molecule has 0 aliphatic heterocycles. The second-order valence-electron chi connectivity index (χ2n) is 8.34. The summed E-state index contributed by atoms with van der Waals surface area (Å²) in [6.07, 6.45) is 2.29. The molecule has 0 aliphatic carbocycles. The van der Waals surface area contributed by atoms with Crippen molar-refractivity contribution in [3.63, 3.8) is 0 Å².